The van der Waals surface area contributed by atoms with E-state index in [9.17, 15) is 0 Å². The summed E-state index contributed by atoms with van der Waals surface area (Å²) in [4.78, 5) is 0. The normalized spacial score (nSPS) is 11.5. The summed E-state index contributed by atoms with van der Waals surface area (Å²) >= 11 is 0. The molecule has 0 bridgehead atoms. The second-order valence-electron chi connectivity index (χ2n) is 8.29. The summed E-state index contributed by atoms with van der Waals surface area (Å²) in [6, 6.07) is 15.2. The molecule has 0 saturated carbocycles. The van der Waals surface area contributed by atoms with Crippen molar-refractivity contribution in [2.45, 2.75) is 91.9 Å². The van der Waals surface area contributed by atoms with E-state index in [4.69, 9.17) is 0 Å². The van der Waals surface area contributed by atoms with Gasteiger partial charge in [-0.05, 0) is 77.0 Å². The van der Waals surface area contributed by atoms with Gasteiger partial charge in [-0.3, -0.25) is 0 Å². The summed E-state index contributed by atoms with van der Waals surface area (Å²) in [6.45, 7) is 13.8. The molecule has 0 heteroatoms. The lowest BCUT2D eigenvalue weighted by Gasteiger charge is -2.19. The van der Waals surface area contributed by atoms with Gasteiger partial charge >= 0.3 is 0 Å². The van der Waals surface area contributed by atoms with Crippen molar-refractivity contribution in [3.63, 3.8) is 0 Å². The molecule has 2 aromatic rings. The smallest absolute Gasteiger partial charge is 0.0119 e. The van der Waals surface area contributed by atoms with E-state index in [1.807, 2.05) is 0 Å². The average molecular weight is 350 g/mol. The van der Waals surface area contributed by atoms with Crippen molar-refractivity contribution in [1.82, 2.24) is 0 Å². The second kappa shape index (κ2) is 9.95. The maximum atomic E-state index is 3.43. The Kier molecular flexibility index (Phi) is 7.94. The highest BCUT2D eigenvalue weighted by atomic mass is 14.2. The van der Waals surface area contributed by atoms with Crippen LogP contribution >= 0.6 is 0 Å². The molecule has 0 N–H and O–H groups in total. The van der Waals surface area contributed by atoms with Crippen molar-refractivity contribution in [2.24, 2.45) is 0 Å². The minimum atomic E-state index is 0.556. The molecule has 0 amide bonds. The first-order chi connectivity index (χ1) is 12.5. The Hall–Kier alpha value is -1.56. The molecule has 0 unspecified atom stereocenters. The Morgan fingerprint density at radius 3 is 1.58 bits per heavy atom. The fourth-order valence-corrected chi connectivity index (χ4v) is 3.58. The largest absolute Gasteiger partial charge is 0.0654 e. The van der Waals surface area contributed by atoms with E-state index in [-0.39, 0.29) is 0 Å². The zero-order valence-electron chi connectivity index (χ0n) is 17.8. The summed E-state index contributed by atoms with van der Waals surface area (Å²) in [5, 5.41) is 0. The van der Waals surface area contributed by atoms with Gasteiger partial charge < -0.3 is 0 Å². The number of aryl methyl sites for hydroxylation is 2. The third-order valence-corrected chi connectivity index (χ3v) is 5.36. The monoisotopic (exact) mass is 349 g/mol. The lowest BCUT2D eigenvalue weighted by molar-refractivity contribution is 0.782. The molecular weight excluding hydrogens is 312 g/mol. The Balaban J connectivity index is 2.63. The zero-order valence-corrected chi connectivity index (χ0v) is 17.8. The predicted octanol–water partition coefficient (Wildman–Crippen LogP) is 8.09. The van der Waals surface area contributed by atoms with Crippen LogP contribution in [0.25, 0.3) is 11.1 Å². The molecule has 141 valence electrons. The molecule has 2 aromatic carbocycles. The first kappa shape index (κ1) is 20.7. The topological polar surface area (TPSA) is 0 Å². The molecule has 0 aliphatic rings. The van der Waals surface area contributed by atoms with Gasteiger partial charge in [0.2, 0.25) is 0 Å². The van der Waals surface area contributed by atoms with Crippen molar-refractivity contribution >= 4 is 0 Å². The van der Waals surface area contributed by atoms with E-state index in [1.165, 1.54) is 59.1 Å². The van der Waals surface area contributed by atoms with E-state index >= 15 is 0 Å². The van der Waals surface area contributed by atoms with Gasteiger partial charge in [-0.25, -0.2) is 0 Å². The number of hydrogen-bond acceptors (Lipinski definition) is 0. The van der Waals surface area contributed by atoms with Gasteiger partial charge in [0, 0.05) is 0 Å². The van der Waals surface area contributed by atoms with Crippen LogP contribution in [0.15, 0.2) is 30.3 Å². The average Bonchev–Trinajstić information content (AvgIpc) is 2.64. The fraction of sp³-hybridized carbons (Fsp3) is 0.538. The van der Waals surface area contributed by atoms with E-state index in [0.29, 0.717) is 11.8 Å². The van der Waals surface area contributed by atoms with Crippen LogP contribution in [0.1, 0.15) is 101 Å². The molecule has 0 aliphatic heterocycles. The molecule has 1 radical (unpaired) electrons. The van der Waals surface area contributed by atoms with Crippen molar-refractivity contribution in [2.75, 3.05) is 0 Å². The molecule has 0 saturated heterocycles. The van der Waals surface area contributed by atoms with Gasteiger partial charge in [0.25, 0.3) is 0 Å². The summed E-state index contributed by atoms with van der Waals surface area (Å²) in [5.41, 5.74) is 8.80. The Morgan fingerprint density at radius 2 is 1.19 bits per heavy atom. The molecule has 0 nitrogen and oxygen atoms in total. The second-order valence-corrected chi connectivity index (χ2v) is 8.29. The number of rotatable bonds is 9. The highest BCUT2D eigenvalue weighted by molar-refractivity contribution is 5.73. The Labute approximate surface area is 162 Å². The van der Waals surface area contributed by atoms with Crippen LogP contribution in [0, 0.1) is 6.07 Å². The first-order valence-corrected chi connectivity index (χ1v) is 10.6. The molecule has 0 aromatic heterocycles. The van der Waals surface area contributed by atoms with E-state index in [1.54, 1.807) is 0 Å². The van der Waals surface area contributed by atoms with Crippen LogP contribution in [0.2, 0.25) is 0 Å². The van der Waals surface area contributed by atoms with Crippen molar-refractivity contribution in [3.8, 4) is 11.1 Å². The van der Waals surface area contributed by atoms with Crippen LogP contribution in [0.4, 0.5) is 0 Å². The Bertz CT molecular complexity index is 639. The molecule has 0 atom stereocenters. The van der Waals surface area contributed by atoms with Crippen LogP contribution < -0.4 is 0 Å². The van der Waals surface area contributed by atoms with Crippen molar-refractivity contribution in [3.05, 3.63) is 58.7 Å². The van der Waals surface area contributed by atoms with E-state index in [0.717, 1.165) is 12.8 Å². The minimum Gasteiger partial charge on any atom is -0.0654 e. The lowest BCUT2D eigenvalue weighted by atomic mass is 9.85. The van der Waals surface area contributed by atoms with Crippen molar-refractivity contribution < 1.29 is 0 Å². The van der Waals surface area contributed by atoms with E-state index in [2.05, 4.69) is 77.9 Å². The lowest BCUT2D eigenvalue weighted by Crippen LogP contribution is -2.00. The molecule has 0 fully saturated rings. The maximum Gasteiger partial charge on any atom is -0.0119 e. The number of benzene rings is 2. The fourth-order valence-electron chi connectivity index (χ4n) is 3.58. The summed E-state index contributed by atoms with van der Waals surface area (Å²) in [6.07, 6.45) is 7.29. The molecule has 0 aliphatic carbocycles. The van der Waals surface area contributed by atoms with Crippen molar-refractivity contribution in [1.29, 1.82) is 0 Å². The SMILES string of the molecule is CCCCc1c[c]cc(CCCC)c1-c1cc(C(C)C)cc(C(C)C)c1. The predicted molar refractivity (Wildman–Crippen MR) is 116 cm³/mol. The summed E-state index contributed by atoms with van der Waals surface area (Å²) in [7, 11) is 0. The standard InChI is InChI=1S/C26H37/c1-7-9-12-21-14-11-15-22(13-10-8-2)26(21)25-17-23(19(3)4)16-24(18-25)20(5)6/h14-20H,7-10,12-13H2,1-6H3. The van der Waals surface area contributed by atoms with Crippen LogP contribution in [0.5, 0.6) is 0 Å². The molecular formula is C26H37. The first-order valence-electron chi connectivity index (χ1n) is 10.6. The molecule has 0 spiro atoms. The summed E-state index contributed by atoms with van der Waals surface area (Å²) < 4.78 is 0. The van der Waals surface area contributed by atoms with Gasteiger partial charge in [-0.2, -0.15) is 0 Å². The Morgan fingerprint density at radius 1 is 0.731 bits per heavy atom. The number of unbranched alkanes of at least 4 members (excludes halogenated alkanes) is 2. The maximum absolute atomic E-state index is 3.43. The number of hydrogen-bond donors (Lipinski definition) is 0. The summed E-state index contributed by atoms with van der Waals surface area (Å²) in [5.74, 6) is 1.11. The van der Waals surface area contributed by atoms with E-state index < -0.39 is 0 Å². The van der Waals surface area contributed by atoms with Gasteiger partial charge in [-0.15, -0.1) is 0 Å². The quantitative estimate of drug-likeness (QED) is 0.429. The van der Waals surface area contributed by atoms with Gasteiger partial charge in [0.05, 0.1) is 0 Å². The molecule has 2 rings (SSSR count). The van der Waals surface area contributed by atoms with Gasteiger partial charge in [0.15, 0.2) is 0 Å². The zero-order chi connectivity index (χ0) is 19.1. The van der Waals surface area contributed by atoms with Gasteiger partial charge in [-0.1, -0.05) is 84.7 Å². The highest BCUT2D eigenvalue weighted by Crippen LogP contribution is 2.34. The highest BCUT2D eigenvalue weighted by Gasteiger charge is 2.14. The third kappa shape index (κ3) is 5.22. The van der Waals surface area contributed by atoms with Gasteiger partial charge in [0.1, 0.15) is 0 Å². The third-order valence-electron chi connectivity index (χ3n) is 5.36. The van der Waals surface area contributed by atoms with Crippen LogP contribution in [-0.2, 0) is 12.8 Å². The van der Waals surface area contributed by atoms with Crippen LogP contribution in [0.3, 0.4) is 0 Å². The van der Waals surface area contributed by atoms with Crippen LogP contribution in [-0.4, -0.2) is 0 Å². The molecule has 0 heterocycles. The molecule has 26 heavy (non-hydrogen) atoms. The minimum absolute atomic E-state index is 0.556.